The number of hydrogen-bond donors (Lipinski definition) is 2. The van der Waals surface area contributed by atoms with Gasteiger partial charge in [-0.3, -0.25) is 10.1 Å². The number of nitrogens with zero attached hydrogens (tertiary/aromatic N) is 1. The molecule has 6 heteroatoms. The summed E-state index contributed by atoms with van der Waals surface area (Å²) in [5.74, 6) is 0.511. The van der Waals surface area contributed by atoms with Gasteiger partial charge in [-0.05, 0) is 50.9 Å². The first-order valence-electron chi connectivity index (χ1n) is 6.49. The van der Waals surface area contributed by atoms with E-state index in [1.807, 2.05) is 6.07 Å². The summed E-state index contributed by atoms with van der Waals surface area (Å²) in [5, 5.41) is 17.7. The molecule has 1 aromatic carbocycles. The number of halogens is 1. The second-order valence-corrected chi connectivity index (χ2v) is 5.87. The minimum Gasteiger partial charge on any atom is -0.377 e. The predicted octanol–water partition coefficient (Wildman–Crippen LogP) is 3.16. The van der Waals surface area contributed by atoms with E-state index in [1.165, 1.54) is 12.5 Å². The molecule has 2 rings (SSSR count). The van der Waals surface area contributed by atoms with Gasteiger partial charge in [-0.25, -0.2) is 0 Å². The minimum atomic E-state index is -0.348. The summed E-state index contributed by atoms with van der Waals surface area (Å²) in [5.41, 5.74) is 0.705. The van der Waals surface area contributed by atoms with Crippen LogP contribution in [0, 0.1) is 16.0 Å². The van der Waals surface area contributed by atoms with Gasteiger partial charge in [-0.15, -0.1) is 0 Å². The fourth-order valence-electron chi connectivity index (χ4n) is 2.45. The van der Waals surface area contributed by atoms with E-state index in [0.717, 1.165) is 24.0 Å². The van der Waals surface area contributed by atoms with Gasteiger partial charge in [0.15, 0.2) is 0 Å². The van der Waals surface area contributed by atoms with Gasteiger partial charge >= 0.3 is 0 Å². The van der Waals surface area contributed by atoms with E-state index in [-0.39, 0.29) is 16.7 Å². The molecule has 0 saturated carbocycles. The van der Waals surface area contributed by atoms with Gasteiger partial charge in [0.2, 0.25) is 0 Å². The Morgan fingerprint density at radius 1 is 1.58 bits per heavy atom. The second kappa shape index (κ2) is 6.34. The zero-order chi connectivity index (χ0) is 13.8. The number of nitrogens with one attached hydrogen (secondary N) is 2. The number of hydrogen-bond acceptors (Lipinski definition) is 4. The van der Waals surface area contributed by atoms with Gasteiger partial charge < -0.3 is 10.6 Å². The van der Waals surface area contributed by atoms with Gasteiger partial charge in [-0.1, -0.05) is 15.9 Å². The van der Waals surface area contributed by atoms with Crippen molar-refractivity contribution in [2.24, 2.45) is 5.92 Å². The van der Waals surface area contributed by atoms with Crippen molar-refractivity contribution in [3.63, 3.8) is 0 Å². The molecular weight excluding hydrogens is 310 g/mol. The quantitative estimate of drug-likeness (QED) is 0.658. The van der Waals surface area contributed by atoms with Crippen LogP contribution in [0.5, 0.6) is 0 Å². The molecule has 1 aromatic rings. The van der Waals surface area contributed by atoms with Gasteiger partial charge in [0.25, 0.3) is 5.69 Å². The third-order valence-corrected chi connectivity index (χ3v) is 4.08. The second-order valence-electron chi connectivity index (χ2n) is 4.96. The summed E-state index contributed by atoms with van der Waals surface area (Å²) in [6.07, 6.45) is 2.32. The van der Waals surface area contributed by atoms with Crippen LogP contribution in [-0.4, -0.2) is 24.1 Å². The molecule has 1 aliphatic heterocycles. The van der Waals surface area contributed by atoms with E-state index in [4.69, 9.17) is 0 Å². The Morgan fingerprint density at radius 2 is 2.37 bits per heavy atom. The van der Waals surface area contributed by atoms with Crippen molar-refractivity contribution >= 4 is 27.3 Å². The topological polar surface area (TPSA) is 67.2 Å². The molecule has 0 radical (unpaired) electrons. The molecule has 0 aliphatic carbocycles. The normalized spacial score (nSPS) is 20.8. The summed E-state index contributed by atoms with van der Waals surface area (Å²) < 4.78 is 0.719. The van der Waals surface area contributed by atoms with E-state index < -0.39 is 0 Å². The Morgan fingerprint density at radius 3 is 3.00 bits per heavy atom. The summed E-state index contributed by atoms with van der Waals surface area (Å²) in [4.78, 5) is 10.7. The Kier molecular flexibility index (Phi) is 4.76. The molecule has 104 valence electrons. The maximum Gasteiger partial charge on any atom is 0.293 e. The number of piperidine rings is 1. The predicted molar refractivity (Wildman–Crippen MR) is 79.5 cm³/mol. The van der Waals surface area contributed by atoms with Crippen molar-refractivity contribution in [1.29, 1.82) is 0 Å². The van der Waals surface area contributed by atoms with Crippen LogP contribution in [0.2, 0.25) is 0 Å². The maximum atomic E-state index is 11.1. The van der Waals surface area contributed by atoms with Crippen LogP contribution in [0.15, 0.2) is 22.7 Å². The molecule has 0 bridgehead atoms. The molecule has 1 aliphatic rings. The van der Waals surface area contributed by atoms with Crippen LogP contribution in [0.3, 0.4) is 0 Å². The Balaban J connectivity index is 2.11. The highest BCUT2D eigenvalue weighted by Crippen LogP contribution is 2.29. The lowest BCUT2D eigenvalue weighted by molar-refractivity contribution is -0.384. The molecule has 1 heterocycles. The van der Waals surface area contributed by atoms with Crippen molar-refractivity contribution in [2.75, 3.05) is 18.4 Å². The molecule has 1 saturated heterocycles. The number of nitro groups is 1. The van der Waals surface area contributed by atoms with Crippen molar-refractivity contribution in [2.45, 2.75) is 25.8 Å². The average Bonchev–Trinajstić information content (AvgIpc) is 2.41. The van der Waals surface area contributed by atoms with Gasteiger partial charge in [-0.2, -0.15) is 0 Å². The van der Waals surface area contributed by atoms with Gasteiger partial charge in [0.1, 0.15) is 5.69 Å². The highest BCUT2D eigenvalue weighted by molar-refractivity contribution is 9.10. The fourth-order valence-corrected chi connectivity index (χ4v) is 2.80. The lowest BCUT2D eigenvalue weighted by Crippen LogP contribution is -2.38. The first-order valence-corrected chi connectivity index (χ1v) is 7.28. The molecule has 5 nitrogen and oxygen atoms in total. The molecule has 1 fully saturated rings. The van der Waals surface area contributed by atoms with Crippen molar-refractivity contribution in [1.82, 2.24) is 5.32 Å². The Labute approximate surface area is 121 Å². The Bertz CT molecular complexity index is 461. The van der Waals surface area contributed by atoms with Crippen LogP contribution in [0.4, 0.5) is 11.4 Å². The molecule has 19 heavy (non-hydrogen) atoms. The third-order valence-electron chi connectivity index (χ3n) is 3.58. The monoisotopic (exact) mass is 327 g/mol. The van der Waals surface area contributed by atoms with Crippen LogP contribution in [0.1, 0.15) is 19.8 Å². The largest absolute Gasteiger partial charge is 0.377 e. The first-order chi connectivity index (χ1) is 9.08. The standard InChI is InChI=1S/C13H18BrN3O2/c1-9(10-3-2-6-15-8-10)16-12-5-4-11(14)7-13(12)17(18)19/h4-5,7,9-10,15-16H,2-3,6,8H2,1H3. The molecule has 2 unspecified atom stereocenters. The van der Waals surface area contributed by atoms with Crippen LogP contribution in [-0.2, 0) is 0 Å². The molecule has 0 aromatic heterocycles. The summed E-state index contributed by atoms with van der Waals surface area (Å²) in [6.45, 7) is 4.13. The fraction of sp³-hybridized carbons (Fsp3) is 0.538. The van der Waals surface area contributed by atoms with Crippen molar-refractivity contribution in [3.05, 3.63) is 32.8 Å². The SMILES string of the molecule is CC(Nc1ccc(Br)cc1[N+](=O)[O-])C1CCCNC1. The summed E-state index contributed by atoms with van der Waals surface area (Å²) in [7, 11) is 0. The van der Waals surface area contributed by atoms with Crippen LogP contribution >= 0.6 is 15.9 Å². The maximum absolute atomic E-state index is 11.1. The number of anilines is 1. The highest BCUT2D eigenvalue weighted by Gasteiger charge is 2.22. The smallest absolute Gasteiger partial charge is 0.293 e. The van der Waals surface area contributed by atoms with Crippen LogP contribution < -0.4 is 10.6 Å². The Hall–Kier alpha value is -1.14. The zero-order valence-corrected chi connectivity index (χ0v) is 12.4. The van der Waals surface area contributed by atoms with E-state index in [1.54, 1.807) is 6.07 Å². The number of rotatable bonds is 4. The van der Waals surface area contributed by atoms with Crippen molar-refractivity contribution < 1.29 is 4.92 Å². The van der Waals surface area contributed by atoms with Gasteiger partial charge in [0, 0.05) is 16.6 Å². The van der Waals surface area contributed by atoms with Crippen LogP contribution in [0.25, 0.3) is 0 Å². The van der Waals surface area contributed by atoms with E-state index >= 15 is 0 Å². The molecule has 2 atom stereocenters. The van der Waals surface area contributed by atoms with E-state index in [2.05, 4.69) is 33.5 Å². The summed E-state index contributed by atoms with van der Waals surface area (Å²) in [6, 6.07) is 5.33. The highest BCUT2D eigenvalue weighted by atomic mass is 79.9. The average molecular weight is 328 g/mol. The molecule has 0 amide bonds. The first kappa shape index (κ1) is 14.3. The number of benzene rings is 1. The third kappa shape index (κ3) is 3.67. The molecule has 2 N–H and O–H groups in total. The van der Waals surface area contributed by atoms with Gasteiger partial charge in [0.05, 0.1) is 4.92 Å². The van der Waals surface area contributed by atoms with E-state index in [0.29, 0.717) is 11.6 Å². The van der Waals surface area contributed by atoms with E-state index in [9.17, 15) is 10.1 Å². The summed E-state index contributed by atoms with van der Waals surface area (Å²) >= 11 is 3.27. The molecule has 0 spiro atoms. The lowest BCUT2D eigenvalue weighted by Gasteiger charge is -2.29. The number of nitro benzene ring substituents is 1. The molecular formula is C13H18BrN3O2. The van der Waals surface area contributed by atoms with Crippen molar-refractivity contribution in [3.8, 4) is 0 Å². The zero-order valence-electron chi connectivity index (χ0n) is 10.9. The minimum absolute atomic E-state index is 0.116. The lowest BCUT2D eigenvalue weighted by atomic mass is 9.92.